The number of carbonyl (C=O) groups excluding carboxylic acids is 1. The Hall–Kier alpha value is -3.39. The third-order valence-electron chi connectivity index (χ3n) is 4.91. The molecule has 0 spiro atoms. The zero-order valence-electron chi connectivity index (χ0n) is 18.0. The molecule has 0 radical (unpaired) electrons. The number of aryl methyl sites for hydroxylation is 2. The summed E-state index contributed by atoms with van der Waals surface area (Å²) in [5, 5.41) is 6.63. The maximum atomic E-state index is 12.5. The summed E-state index contributed by atoms with van der Waals surface area (Å²) in [5.74, 6) is -0.144. The lowest BCUT2D eigenvalue weighted by Gasteiger charge is -2.09. The van der Waals surface area contributed by atoms with E-state index in [1.165, 1.54) is 30.8 Å². The molecular weight excluding hydrogens is 412 g/mol. The zero-order valence-corrected chi connectivity index (χ0v) is 18.8. The van der Waals surface area contributed by atoms with Gasteiger partial charge in [-0.25, -0.2) is 4.83 Å². The summed E-state index contributed by atoms with van der Waals surface area (Å²) in [6.07, 6.45) is 1.51. The van der Waals surface area contributed by atoms with Crippen LogP contribution in [0.5, 0.6) is 0 Å². The average molecular weight is 439 g/mol. The molecule has 0 saturated heterocycles. The van der Waals surface area contributed by atoms with E-state index >= 15 is 0 Å². The van der Waals surface area contributed by atoms with E-state index in [2.05, 4.69) is 44.1 Å². The maximum Gasteiger partial charge on any atom is 0.276 e. The zero-order chi connectivity index (χ0) is 22.6. The van der Waals surface area contributed by atoms with Gasteiger partial charge in [0, 0.05) is 36.1 Å². The first-order valence-electron chi connectivity index (χ1n) is 9.81. The van der Waals surface area contributed by atoms with Gasteiger partial charge in [0.15, 0.2) is 0 Å². The lowest BCUT2D eigenvalue weighted by Crippen LogP contribution is -2.20. The summed E-state index contributed by atoms with van der Waals surface area (Å²) in [4.78, 5) is 13.3. The number of benzene rings is 2. The predicted octanol–water partition coefficient (Wildman–Crippen LogP) is 3.35. The van der Waals surface area contributed by atoms with Crippen molar-refractivity contribution >= 4 is 22.1 Å². The van der Waals surface area contributed by atoms with Crippen LogP contribution in [0.4, 0.5) is 0 Å². The molecule has 0 atom stereocenters. The van der Waals surface area contributed by atoms with Crippen LogP contribution in [0.1, 0.15) is 35.0 Å². The average Bonchev–Trinajstić information content (AvgIpc) is 3.00. The van der Waals surface area contributed by atoms with Gasteiger partial charge in [-0.05, 0) is 56.7 Å². The number of carbonyl (C=O) groups is 1. The van der Waals surface area contributed by atoms with E-state index in [1.54, 1.807) is 12.1 Å². The summed E-state index contributed by atoms with van der Waals surface area (Å²) < 4.78 is 27.1. The number of nitrogens with one attached hydrogen (secondary N) is 2. The Morgan fingerprint density at radius 1 is 1.03 bits per heavy atom. The molecule has 0 fully saturated rings. The number of rotatable bonds is 7. The smallest absolute Gasteiger partial charge is 0.276 e. The van der Waals surface area contributed by atoms with Crippen molar-refractivity contribution < 1.29 is 13.2 Å². The second kappa shape index (κ2) is 9.18. The van der Waals surface area contributed by atoms with Crippen LogP contribution < -0.4 is 10.1 Å². The van der Waals surface area contributed by atoms with E-state index < -0.39 is 10.0 Å². The second-order valence-electron chi connectivity index (χ2n) is 7.40. The Morgan fingerprint density at radius 2 is 1.68 bits per heavy atom. The van der Waals surface area contributed by atoms with Crippen molar-refractivity contribution in [2.24, 2.45) is 5.10 Å². The molecule has 2 aromatic carbocycles. The molecular formula is C23H26N4O3S. The SMILES string of the molecule is CC(=O)NCc1ccc(S(=O)(=O)N/N=C\c2cc(C)n(-c3ccc(C)cc3)c2C)cc1. The quantitative estimate of drug-likeness (QED) is 0.438. The van der Waals surface area contributed by atoms with E-state index in [-0.39, 0.29) is 10.8 Å². The number of hydrogen-bond donors (Lipinski definition) is 2. The van der Waals surface area contributed by atoms with Gasteiger partial charge in [0.25, 0.3) is 10.0 Å². The highest BCUT2D eigenvalue weighted by molar-refractivity contribution is 7.89. The van der Waals surface area contributed by atoms with Crippen molar-refractivity contribution in [3.63, 3.8) is 0 Å². The van der Waals surface area contributed by atoms with E-state index in [0.717, 1.165) is 28.2 Å². The molecule has 3 rings (SSSR count). The van der Waals surface area contributed by atoms with Gasteiger partial charge >= 0.3 is 0 Å². The van der Waals surface area contributed by atoms with Crippen LogP contribution >= 0.6 is 0 Å². The summed E-state index contributed by atoms with van der Waals surface area (Å²) in [6, 6.07) is 16.4. The Kier molecular flexibility index (Phi) is 6.60. The minimum Gasteiger partial charge on any atom is -0.352 e. The van der Waals surface area contributed by atoms with Gasteiger partial charge in [-0.3, -0.25) is 4.79 Å². The van der Waals surface area contributed by atoms with Crippen molar-refractivity contribution in [2.45, 2.75) is 39.1 Å². The molecule has 0 aliphatic rings. The van der Waals surface area contributed by atoms with Gasteiger partial charge in [-0.15, -0.1) is 0 Å². The highest BCUT2D eigenvalue weighted by atomic mass is 32.2. The van der Waals surface area contributed by atoms with Crippen LogP contribution in [0.3, 0.4) is 0 Å². The Morgan fingerprint density at radius 3 is 2.29 bits per heavy atom. The largest absolute Gasteiger partial charge is 0.352 e. The minimum atomic E-state index is -3.79. The van der Waals surface area contributed by atoms with Crippen LogP contribution in [0, 0.1) is 20.8 Å². The van der Waals surface area contributed by atoms with Crippen LogP contribution in [0.15, 0.2) is 64.6 Å². The third-order valence-corrected chi connectivity index (χ3v) is 6.15. The van der Waals surface area contributed by atoms with Crippen molar-refractivity contribution in [3.05, 3.63) is 82.7 Å². The van der Waals surface area contributed by atoms with Crippen molar-refractivity contribution in [3.8, 4) is 5.69 Å². The summed E-state index contributed by atoms with van der Waals surface area (Å²) in [5.41, 5.74) is 5.85. The van der Waals surface area contributed by atoms with Gasteiger partial charge in [0.05, 0.1) is 11.1 Å². The van der Waals surface area contributed by atoms with E-state index in [4.69, 9.17) is 0 Å². The van der Waals surface area contributed by atoms with Crippen molar-refractivity contribution in [2.75, 3.05) is 0 Å². The van der Waals surface area contributed by atoms with Gasteiger partial charge < -0.3 is 9.88 Å². The molecule has 0 aliphatic heterocycles. The monoisotopic (exact) mass is 438 g/mol. The molecule has 31 heavy (non-hydrogen) atoms. The molecule has 0 aliphatic carbocycles. The van der Waals surface area contributed by atoms with E-state index in [9.17, 15) is 13.2 Å². The molecule has 1 heterocycles. The molecule has 1 aromatic heterocycles. The standard InChI is InChI=1S/C23H26N4O3S/c1-16-5-9-22(10-6-16)27-17(2)13-21(18(27)3)15-25-26-31(29,30)23-11-7-20(8-12-23)14-24-19(4)28/h5-13,15,26H,14H2,1-4H3,(H,24,28)/b25-15-. The summed E-state index contributed by atoms with van der Waals surface area (Å²) in [6.45, 7) is 7.78. The molecule has 0 bridgehead atoms. The van der Waals surface area contributed by atoms with E-state index in [0.29, 0.717) is 6.54 Å². The Balaban J connectivity index is 1.73. The Labute approximate surface area is 182 Å². The fraction of sp³-hybridized carbons (Fsp3) is 0.217. The molecule has 0 unspecified atom stereocenters. The molecule has 162 valence electrons. The fourth-order valence-electron chi connectivity index (χ4n) is 3.24. The first kappa shape index (κ1) is 22.3. The highest BCUT2D eigenvalue weighted by Gasteiger charge is 2.13. The number of amides is 1. The van der Waals surface area contributed by atoms with Gasteiger partial charge in [0.2, 0.25) is 5.91 Å². The summed E-state index contributed by atoms with van der Waals surface area (Å²) in [7, 11) is -3.79. The van der Waals surface area contributed by atoms with Gasteiger partial charge in [0.1, 0.15) is 0 Å². The van der Waals surface area contributed by atoms with Gasteiger partial charge in [-0.2, -0.15) is 13.5 Å². The molecule has 8 heteroatoms. The number of nitrogens with zero attached hydrogens (tertiary/aromatic N) is 2. The van der Waals surface area contributed by atoms with E-state index in [1.807, 2.05) is 26.8 Å². The molecule has 0 saturated carbocycles. The minimum absolute atomic E-state index is 0.0985. The molecule has 7 nitrogen and oxygen atoms in total. The topological polar surface area (TPSA) is 92.6 Å². The number of hydrogen-bond acceptors (Lipinski definition) is 4. The summed E-state index contributed by atoms with van der Waals surface area (Å²) >= 11 is 0. The van der Waals surface area contributed by atoms with Crippen molar-refractivity contribution in [1.29, 1.82) is 0 Å². The van der Waals surface area contributed by atoms with Crippen LogP contribution in [0.2, 0.25) is 0 Å². The van der Waals surface area contributed by atoms with Gasteiger partial charge in [-0.1, -0.05) is 29.8 Å². The lowest BCUT2D eigenvalue weighted by atomic mass is 10.2. The Bertz CT molecular complexity index is 1210. The van der Waals surface area contributed by atoms with Crippen LogP contribution in [0.25, 0.3) is 5.69 Å². The van der Waals surface area contributed by atoms with Crippen LogP contribution in [-0.4, -0.2) is 25.1 Å². The fourth-order valence-corrected chi connectivity index (χ4v) is 4.03. The number of aromatic nitrogens is 1. The van der Waals surface area contributed by atoms with Crippen molar-refractivity contribution in [1.82, 2.24) is 14.7 Å². The first-order chi connectivity index (χ1) is 14.7. The second-order valence-corrected chi connectivity index (χ2v) is 9.06. The van der Waals surface area contributed by atoms with Crippen LogP contribution in [-0.2, 0) is 21.4 Å². The number of hydrazone groups is 1. The third kappa shape index (κ3) is 5.40. The first-order valence-corrected chi connectivity index (χ1v) is 11.3. The molecule has 2 N–H and O–H groups in total. The predicted molar refractivity (Wildman–Crippen MR) is 122 cm³/mol. The maximum absolute atomic E-state index is 12.5. The highest BCUT2D eigenvalue weighted by Crippen LogP contribution is 2.20. The lowest BCUT2D eigenvalue weighted by molar-refractivity contribution is -0.119. The number of sulfonamides is 1. The molecule has 3 aromatic rings. The normalized spacial score (nSPS) is 11.6. The molecule has 1 amide bonds.